The molecule has 2 aliphatic rings. The van der Waals surface area contributed by atoms with Crippen LogP contribution < -0.4 is 11.1 Å². The Morgan fingerprint density at radius 2 is 2.08 bits per heavy atom. The maximum absolute atomic E-state index is 12.3. The number of halogens is 2. The molecule has 8 heteroatoms. The first-order valence-electron chi connectivity index (χ1n) is 9.10. The van der Waals surface area contributed by atoms with E-state index in [1.165, 1.54) is 0 Å². The van der Waals surface area contributed by atoms with E-state index < -0.39 is 0 Å². The fraction of sp³-hybridized carbons (Fsp3) is 0.941. The fourth-order valence-corrected chi connectivity index (χ4v) is 3.53. The topological polar surface area (TPSA) is 76.8 Å². The van der Waals surface area contributed by atoms with Gasteiger partial charge in [-0.1, -0.05) is 6.92 Å². The van der Waals surface area contributed by atoms with Crippen LogP contribution in [-0.4, -0.2) is 68.4 Å². The highest BCUT2D eigenvalue weighted by atomic mass is 35.5. The van der Waals surface area contributed by atoms with Crippen molar-refractivity contribution in [3.8, 4) is 0 Å². The van der Waals surface area contributed by atoms with Crippen molar-refractivity contribution in [1.82, 2.24) is 10.2 Å². The molecule has 0 aromatic rings. The summed E-state index contributed by atoms with van der Waals surface area (Å²) in [5.74, 6) is 0.508. The van der Waals surface area contributed by atoms with Crippen LogP contribution in [0.2, 0.25) is 0 Å². The van der Waals surface area contributed by atoms with E-state index in [1.54, 1.807) is 0 Å². The Balaban J connectivity index is 0.00000288. The minimum atomic E-state index is -0.306. The quantitative estimate of drug-likeness (QED) is 0.605. The van der Waals surface area contributed by atoms with Crippen LogP contribution >= 0.6 is 24.8 Å². The highest BCUT2D eigenvalue weighted by molar-refractivity contribution is 5.85. The molecule has 25 heavy (non-hydrogen) atoms. The molecule has 4 atom stereocenters. The Morgan fingerprint density at radius 3 is 2.68 bits per heavy atom. The van der Waals surface area contributed by atoms with Crippen LogP contribution in [0, 0.1) is 5.92 Å². The highest BCUT2D eigenvalue weighted by Gasteiger charge is 2.33. The minimum Gasteiger partial charge on any atom is -0.382 e. The average Bonchev–Trinajstić information content (AvgIpc) is 3.03. The van der Waals surface area contributed by atoms with Gasteiger partial charge in [0.05, 0.1) is 6.10 Å². The number of hydrogen-bond donors (Lipinski definition) is 2. The first-order chi connectivity index (χ1) is 11.1. The minimum absolute atomic E-state index is 0. The zero-order valence-corrected chi connectivity index (χ0v) is 17.1. The predicted octanol–water partition coefficient (Wildman–Crippen LogP) is 1.59. The van der Waals surface area contributed by atoms with Gasteiger partial charge in [0, 0.05) is 45.4 Å². The zero-order valence-electron chi connectivity index (χ0n) is 15.4. The molecule has 2 fully saturated rings. The molecule has 6 nitrogen and oxygen atoms in total. The van der Waals surface area contributed by atoms with Gasteiger partial charge >= 0.3 is 0 Å². The number of likely N-dealkylation sites (tertiary alicyclic amines) is 1. The van der Waals surface area contributed by atoms with Gasteiger partial charge in [-0.15, -0.1) is 24.8 Å². The number of carbonyl (C=O) groups is 1. The predicted molar refractivity (Wildman–Crippen MR) is 105 cm³/mol. The lowest BCUT2D eigenvalue weighted by atomic mass is 9.93. The second kappa shape index (κ2) is 13.1. The molecule has 0 aliphatic carbocycles. The van der Waals surface area contributed by atoms with Crippen LogP contribution in [0.15, 0.2) is 0 Å². The van der Waals surface area contributed by atoms with Crippen molar-refractivity contribution in [2.75, 3.05) is 39.4 Å². The third-order valence-electron chi connectivity index (χ3n) is 4.95. The smallest absolute Gasteiger partial charge is 0.249 e. The summed E-state index contributed by atoms with van der Waals surface area (Å²) >= 11 is 0. The van der Waals surface area contributed by atoms with E-state index in [4.69, 9.17) is 15.2 Å². The van der Waals surface area contributed by atoms with Gasteiger partial charge in [0.2, 0.25) is 5.91 Å². The molecule has 0 radical (unpaired) electrons. The first kappa shape index (κ1) is 24.9. The maximum atomic E-state index is 12.3. The molecule has 2 rings (SSSR count). The molecule has 150 valence electrons. The van der Waals surface area contributed by atoms with E-state index >= 15 is 0 Å². The largest absolute Gasteiger partial charge is 0.382 e. The second-order valence-corrected chi connectivity index (χ2v) is 6.79. The standard InChI is InChI=1S/C17H33N3O3.2ClH/c1-3-22-10-4-8-20-9-7-15(13(2)12-20)19-17(21)16-6-5-14(11-18)23-16;;/h13-16H,3-12,18H2,1-2H3,(H,19,21);2*1H/t13?,14-,15?,16+;;/m1../s1. The van der Waals surface area contributed by atoms with Crippen LogP contribution in [0.3, 0.4) is 0 Å². The van der Waals surface area contributed by atoms with Gasteiger partial charge in [0.25, 0.3) is 0 Å². The van der Waals surface area contributed by atoms with E-state index in [-0.39, 0.29) is 49.0 Å². The lowest BCUT2D eigenvalue weighted by Crippen LogP contribution is -2.52. The number of nitrogens with two attached hydrogens (primary N) is 1. The Bertz CT molecular complexity index is 377. The van der Waals surface area contributed by atoms with Gasteiger partial charge in [-0.05, 0) is 38.5 Å². The number of ether oxygens (including phenoxy) is 2. The number of nitrogens with zero attached hydrogens (tertiary/aromatic N) is 1. The van der Waals surface area contributed by atoms with Gasteiger partial charge in [0.1, 0.15) is 6.10 Å². The number of carbonyl (C=O) groups excluding carboxylic acids is 1. The summed E-state index contributed by atoms with van der Waals surface area (Å²) in [6, 6.07) is 0.256. The molecule has 3 N–H and O–H groups in total. The molecule has 0 aromatic heterocycles. The average molecular weight is 400 g/mol. The van der Waals surface area contributed by atoms with E-state index in [9.17, 15) is 4.79 Å². The summed E-state index contributed by atoms with van der Waals surface area (Å²) in [5, 5.41) is 3.20. The van der Waals surface area contributed by atoms with Crippen LogP contribution in [0.25, 0.3) is 0 Å². The van der Waals surface area contributed by atoms with E-state index in [2.05, 4.69) is 17.1 Å². The van der Waals surface area contributed by atoms with E-state index in [1.807, 2.05) is 6.92 Å². The monoisotopic (exact) mass is 399 g/mol. The summed E-state index contributed by atoms with van der Waals surface area (Å²) < 4.78 is 11.1. The summed E-state index contributed by atoms with van der Waals surface area (Å²) in [7, 11) is 0. The van der Waals surface area contributed by atoms with Crippen molar-refractivity contribution in [3.63, 3.8) is 0 Å². The number of nitrogens with one attached hydrogen (secondary N) is 1. The van der Waals surface area contributed by atoms with Crippen molar-refractivity contribution in [1.29, 1.82) is 0 Å². The van der Waals surface area contributed by atoms with Gasteiger partial charge < -0.3 is 25.4 Å². The lowest BCUT2D eigenvalue weighted by molar-refractivity contribution is -0.133. The lowest BCUT2D eigenvalue weighted by Gasteiger charge is -2.37. The molecule has 2 unspecified atom stereocenters. The Kier molecular flexibility index (Phi) is 13.1. The van der Waals surface area contributed by atoms with E-state index in [0.717, 1.165) is 58.5 Å². The van der Waals surface area contributed by atoms with Crippen molar-refractivity contribution in [3.05, 3.63) is 0 Å². The highest BCUT2D eigenvalue weighted by Crippen LogP contribution is 2.21. The summed E-state index contributed by atoms with van der Waals surface area (Å²) in [6.07, 6.45) is 3.51. The molecule has 2 saturated heterocycles. The van der Waals surface area contributed by atoms with Crippen molar-refractivity contribution in [2.45, 2.75) is 57.8 Å². The third kappa shape index (κ3) is 7.97. The number of rotatable bonds is 8. The molecule has 0 aromatic carbocycles. The molecule has 1 amide bonds. The summed E-state index contributed by atoms with van der Waals surface area (Å²) in [5.41, 5.74) is 5.61. The SMILES string of the molecule is CCOCCCN1CCC(NC(=O)[C@@H]2CC[C@H](CN)O2)C(C)C1.Cl.Cl. The molecule has 0 spiro atoms. The maximum Gasteiger partial charge on any atom is 0.249 e. The fourth-order valence-electron chi connectivity index (χ4n) is 3.53. The van der Waals surface area contributed by atoms with Crippen LogP contribution in [0.5, 0.6) is 0 Å². The van der Waals surface area contributed by atoms with Gasteiger partial charge in [-0.2, -0.15) is 0 Å². The van der Waals surface area contributed by atoms with Crippen molar-refractivity contribution in [2.24, 2.45) is 11.7 Å². The Hall–Kier alpha value is -0.110. The van der Waals surface area contributed by atoms with Gasteiger partial charge in [-0.3, -0.25) is 4.79 Å². The third-order valence-corrected chi connectivity index (χ3v) is 4.95. The molecule has 0 saturated carbocycles. The number of piperidine rings is 1. The molecule has 2 aliphatic heterocycles. The summed E-state index contributed by atoms with van der Waals surface area (Å²) in [4.78, 5) is 14.8. The normalized spacial score (nSPS) is 29.6. The zero-order chi connectivity index (χ0) is 16.7. The van der Waals surface area contributed by atoms with Crippen LogP contribution in [0.1, 0.15) is 39.5 Å². The van der Waals surface area contributed by atoms with Gasteiger partial charge in [0.15, 0.2) is 0 Å². The van der Waals surface area contributed by atoms with Crippen LogP contribution in [0.4, 0.5) is 0 Å². The summed E-state index contributed by atoms with van der Waals surface area (Å²) in [6.45, 7) is 9.53. The van der Waals surface area contributed by atoms with Crippen LogP contribution in [-0.2, 0) is 14.3 Å². The molecule has 0 bridgehead atoms. The van der Waals surface area contributed by atoms with Crippen molar-refractivity contribution < 1.29 is 14.3 Å². The van der Waals surface area contributed by atoms with E-state index in [0.29, 0.717) is 12.5 Å². The van der Waals surface area contributed by atoms with Gasteiger partial charge in [-0.25, -0.2) is 0 Å². The van der Waals surface area contributed by atoms with Crippen molar-refractivity contribution >= 4 is 30.7 Å². The first-order valence-corrected chi connectivity index (χ1v) is 9.10. The number of hydrogen-bond acceptors (Lipinski definition) is 5. The number of amides is 1. The second-order valence-electron chi connectivity index (χ2n) is 6.79. The Morgan fingerprint density at radius 1 is 1.32 bits per heavy atom. The Labute approximate surface area is 164 Å². The molecular formula is C17H35Cl2N3O3. The molecule has 2 heterocycles. The molecular weight excluding hydrogens is 365 g/mol.